The molecule has 1 aromatic carbocycles. The molecule has 1 amide bonds. The molecule has 0 fully saturated rings. The van der Waals surface area contributed by atoms with Gasteiger partial charge in [0.25, 0.3) is 5.91 Å². The zero-order valence-electron chi connectivity index (χ0n) is 20.9. The van der Waals surface area contributed by atoms with E-state index in [1.165, 1.54) is 30.3 Å². The quantitative estimate of drug-likeness (QED) is 0.286. The van der Waals surface area contributed by atoms with Gasteiger partial charge in [-0.2, -0.15) is 18.3 Å². The van der Waals surface area contributed by atoms with Gasteiger partial charge in [0.2, 0.25) is 5.88 Å². The second kappa shape index (κ2) is 10.4. The van der Waals surface area contributed by atoms with E-state index < -0.39 is 18.6 Å². The van der Waals surface area contributed by atoms with Crippen LogP contribution in [0.15, 0.2) is 36.7 Å². The number of halogens is 4. The number of amides is 1. The fourth-order valence-corrected chi connectivity index (χ4v) is 4.22. The first-order valence-corrected chi connectivity index (χ1v) is 11.9. The summed E-state index contributed by atoms with van der Waals surface area (Å²) >= 11 is 6.27. The number of fused-ring (bicyclic) bond motifs is 1. The highest BCUT2D eigenvalue weighted by atomic mass is 35.5. The van der Waals surface area contributed by atoms with Crippen LogP contribution in [0.5, 0.6) is 5.88 Å². The number of methoxy groups -OCH3 is 1. The van der Waals surface area contributed by atoms with Gasteiger partial charge in [0.1, 0.15) is 17.8 Å². The first-order valence-electron chi connectivity index (χ1n) is 11.5. The van der Waals surface area contributed by atoms with Crippen molar-refractivity contribution in [1.29, 1.82) is 0 Å². The number of alkyl halides is 3. The Balaban J connectivity index is 1.84. The summed E-state index contributed by atoms with van der Waals surface area (Å²) in [7, 11) is 1.38. The molecule has 9 nitrogen and oxygen atoms in total. The summed E-state index contributed by atoms with van der Waals surface area (Å²) in [4.78, 5) is 31.1. The molecule has 1 N–H and O–H groups in total. The van der Waals surface area contributed by atoms with Crippen molar-refractivity contribution in [2.75, 3.05) is 12.4 Å². The number of nitrogens with one attached hydrogen (secondary N) is 1. The smallest absolute Gasteiger partial charge is 0.408 e. The van der Waals surface area contributed by atoms with Crippen LogP contribution < -0.4 is 10.1 Å². The first kappa shape index (κ1) is 27.1. The molecule has 0 radical (unpaired) electrons. The summed E-state index contributed by atoms with van der Waals surface area (Å²) in [5.41, 5.74) is 0.728. The zero-order valence-corrected chi connectivity index (χ0v) is 21.7. The summed E-state index contributed by atoms with van der Waals surface area (Å²) < 4.78 is 46.2. The molecule has 3 aromatic heterocycles. The van der Waals surface area contributed by atoms with Gasteiger partial charge in [-0.1, -0.05) is 25.4 Å². The van der Waals surface area contributed by atoms with Gasteiger partial charge < -0.3 is 10.1 Å². The van der Waals surface area contributed by atoms with Gasteiger partial charge in [-0.3, -0.25) is 14.3 Å². The predicted molar refractivity (Wildman–Crippen MR) is 135 cm³/mol. The Morgan fingerprint density at radius 3 is 2.58 bits per heavy atom. The fraction of sp³-hybridized carbons (Fsp3) is 0.320. The lowest BCUT2D eigenvalue weighted by molar-refractivity contribution is -0.142. The molecule has 0 aliphatic carbocycles. The molecule has 0 spiro atoms. The Labute approximate surface area is 220 Å². The van der Waals surface area contributed by atoms with Crippen LogP contribution in [-0.4, -0.2) is 49.5 Å². The Morgan fingerprint density at radius 2 is 1.95 bits per heavy atom. The Bertz CT molecular complexity index is 1530. The van der Waals surface area contributed by atoms with Crippen molar-refractivity contribution in [2.24, 2.45) is 5.92 Å². The van der Waals surface area contributed by atoms with E-state index in [2.05, 4.69) is 20.5 Å². The number of carbonyl (C=O) groups excluding carboxylic acids is 2. The molecule has 0 aliphatic rings. The van der Waals surface area contributed by atoms with Gasteiger partial charge in [-0.05, 0) is 36.6 Å². The number of nitrogens with zero attached hydrogens (tertiary/aromatic N) is 5. The van der Waals surface area contributed by atoms with Gasteiger partial charge in [0.15, 0.2) is 11.6 Å². The van der Waals surface area contributed by atoms with E-state index in [-0.39, 0.29) is 57.3 Å². The van der Waals surface area contributed by atoms with Gasteiger partial charge in [-0.25, -0.2) is 9.67 Å². The molecule has 0 aliphatic heterocycles. The largest absolute Gasteiger partial charge is 0.480 e. The Kier molecular flexibility index (Phi) is 7.45. The Hall–Kier alpha value is -3.93. The normalized spacial score (nSPS) is 11.8. The number of ether oxygens (including phenoxy) is 1. The van der Waals surface area contributed by atoms with Crippen molar-refractivity contribution in [3.63, 3.8) is 0 Å². The zero-order chi connectivity index (χ0) is 27.8. The van der Waals surface area contributed by atoms with Crippen LogP contribution in [0.25, 0.3) is 16.7 Å². The number of benzene rings is 1. The van der Waals surface area contributed by atoms with Crippen LogP contribution >= 0.6 is 11.6 Å². The van der Waals surface area contributed by atoms with Crippen molar-refractivity contribution < 1.29 is 27.5 Å². The summed E-state index contributed by atoms with van der Waals surface area (Å²) in [6.07, 6.45) is -1.69. The fourth-order valence-electron chi connectivity index (χ4n) is 4.02. The van der Waals surface area contributed by atoms with Crippen LogP contribution in [0.1, 0.15) is 46.7 Å². The molecule has 0 atom stereocenters. The van der Waals surface area contributed by atoms with E-state index in [0.717, 1.165) is 4.68 Å². The molecular weight excluding hydrogens is 525 g/mol. The van der Waals surface area contributed by atoms with Crippen LogP contribution in [0.2, 0.25) is 5.02 Å². The van der Waals surface area contributed by atoms with E-state index in [1.54, 1.807) is 25.1 Å². The maximum atomic E-state index is 13.5. The van der Waals surface area contributed by atoms with Gasteiger partial charge in [0, 0.05) is 30.3 Å². The van der Waals surface area contributed by atoms with E-state index in [0.29, 0.717) is 10.9 Å². The lowest BCUT2D eigenvalue weighted by Gasteiger charge is -2.15. The number of pyridine rings is 1. The van der Waals surface area contributed by atoms with Crippen LogP contribution in [0.3, 0.4) is 0 Å². The summed E-state index contributed by atoms with van der Waals surface area (Å²) in [5.74, 6) is -0.780. The number of hydrogen-bond donors (Lipinski definition) is 1. The highest BCUT2D eigenvalue weighted by molar-refractivity contribution is 6.32. The summed E-state index contributed by atoms with van der Waals surface area (Å²) in [6, 6.07) is 6.15. The number of aromatic nitrogens is 5. The minimum Gasteiger partial charge on any atom is -0.480 e. The molecule has 13 heteroatoms. The minimum absolute atomic E-state index is 0.00630. The average Bonchev–Trinajstić information content (AvgIpc) is 3.41. The predicted octanol–water partition coefficient (Wildman–Crippen LogP) is 5.63. The molecular formula is C25H24ClF3N6O3. The molecule has 0 unspecified atom stereocenters. The lowest BCUT2D eigenvalue weighted by Crippen LogP contribution is -2.20. The molecule has 4 rings (SSSR count). The molecule has 0 bridgehead atoms. The maximum Gasteiger partial charge on any atom is 0.408 e. The SMILES string of the molecule is COc1cc(C(=O)Nc2c(C)cc3cn(CC(F)(F)F)nc3c2C(=O)CC(C)C)n(-c2ncccc2Cl)n1. The highest BCUT2D eigenvalue weighted by Crippen LogP contribution is 2.33. The third kappa shape index (κ3) is 5.64. The minimum atomic E-state index is -4.50. The molecule has 200 valence electrons. The van der Waals surface area contributed by atoms with Crippen molar-refractivity contribution in [3.8, 4) is 11.7 Å². The van der Waals surface area contributed by atoms with Crippen molar-refractivity contribution in [2.45, 2.75) is 39.9 Å². The number of aryl methyl sites for hydroxylation is 1. The third-order valence-electron chi connectivity index (χ3n) is 5.56. The monoisotopic (exact) mass is 548 g/mol. The Morgan fingerprint density at radius 1 is 1.21 bits per heavy atom. The maximum absolute atomic E-state index is 13.5. The van der Waals surface area contributed by atoms with E-state index in [4.69, 9.17) is 16.3 Å². The van der Waals surface area contributed by atoms with Crippen molar-refractivity contribution in [3.05, 3.63) is 58.5 Å². The number of ketones is 1. The average molecular weight is 549 g/mol. The number of hydrogen-bond acceptors (Lipinski definition) is 6. The van der Waals surface area contributed by atoms with Gasteiger partial charge >= 0.3 is 6.18 Å². The molecule has 0 saturated heterocycles. The second-order valence-corrected chi connectivity index (χ2v) is 9.50. The third-order valence-corrected chi connectivity index (χ3v) is 5.86. The van der Waals surface area contributed by atoms with Crippen LogP contribution in [0.4, 0.5) is 18.9 Å². The molecule has 3 heterocycles. The van der Waals surface area contributed by atoms with E-state index in [1.807, 2.05) is 13.8 Å². The van der Waals surface area contributed by atoms with Crippen molar-refractivity contribution >= 4 is 39.9 Å². The van der Waals surface area contributed by atoms with Gasteiger partial charge in [0.05, 0.1) is 23.4 Å². The lowest BCUT2D eigenvalue weighted by atomic mass is 9.95. The van der Waals surface area contributed by atoms with Crippen molar-refractivity contribution in [1.82, 2.24) is 24.5 Å². The van der Waals surface area contributed by atoms with Crippen LogP contribution in [0, 0.1) is 12.8 Å². The molecule has 4 aromatic rings. The molecule has 38 heavy (non-hydrogen) atoms. The first-order chi connectivity index (χ1) is 17.9. The summed E-state index contributed by atoms with van der Waals surface area (Å²) in [5, 5.41) is 11.6. The van der Waals surface area contributed by atoms with Crippen LogP contribution in [-0.2, 0) is 6.54 Å². The highest BCUT2D eigenvalue weighted by Gasteiger charge is 2.30. The standard InChI is InChI=1S/C25H24ClF3N6O3/c1-13(2)8-18(36)20-21(14(3)9-15-11-34(33-22(15)20)12-25(27,28)29)31-24(37)17-10-19(38-4)32-35(17)23-16(26)6-5-7-30-23/h5-7,9-11,13H,8,12H2,1-4H3,(H,31,37). The summed E-state index contributed by atoms with van der Waals surface area (Å²) in [6.45, 7) is 4.01. The number of anilines is 1. The van der Waals surface area contributed by atoms with E-state index in [9.17, 15) is 22.8 Å². The van der Waals surface area contributed by atoms with Gasteiger partial charge in [-0.15, -0.1) is 5.10 Å². The number of rotatable bonds is 8. The number of Topliss-reactive ketones (excluding diaryl/α,β-unsaturated/α-hetero) is 1. The van der Waals surface area contributed by atoms with E-state index >= 15 is 0 Å². The second-order valence-electron chi connectivity index (χ2n) is 9.09. The molecule has 0 saturated carbocycles. The topological polar surface area (TPSA) is 104 Å². The number of carbonyl (C=O) groups is 2.